The van der Waals surface area contributed by atoms with Crippen molar-refractivity contribution >= 4 is 17.7 Å². The lowest BCUT2D eigenvalue weighted by Crippen LogP contribution is -1.91. The van der Waals surface area contributed by atoms with Crippen LogP contribution in [0.15, 0.2) is 40.4 Å². The Bertz CT molecular complexity index is 710. The smallest absolute Gasteiger partial charge is 0.252 e. The topological polar surface area (TPSA) is 94.4 Å². The summed E-state index contributed by atoms with van der Waals surface area (Å²) in [4.78, 5) is 3.96. The van der Waals surface area contributed by atoms with Crippen LogP contribution in [-0.2, 0) is 0 Å². The highest BCUT2D eigenvalue weighted by molar-refractivity contribution is 5.80. The molecule has 2 aromatic rings. The van der Waals surface area contributed by atoms with E-state index < -0.39 is 0 Å². The van der Waals surface area contributed by atoms with E-state index in [1.807, 2.05) is 6.07 Å². The second-order valence-electron chi connectivity index (χ2n) is 4.05. The second kappa shape index (κ2) is 5.71. The molecule has 2 N–H and O–H groups in total. The molecule has 100 valence electrons. The zero-order valence-corrected chi connectivity index (χ0v) is 10.8. The summed E-state index contributed by atoms with van der Waals surface area (Å²) in [7, 11) is 0. The van der Waals surface area contributed by atoms with Crippen LogP contribution in [0.1, 0.15) is 24.1 Å². The monoisotopic (exact) mass is 268 g/mol. The van der Waals surface area contributed by atoms with Gasteiger partial charge in [0.15, 0.2) is 0 Å². The molecule has 1 aromatic carbocycles. The molecular weight excluding hydrogens is 256 g/mol. The molecule has 1 aromatic heterocycles. The van der Waals surface area contributed by atoms with Crippen LogP contribution >= 0.6 is 0 Å². The fourth-order valence-electron chi connectivity index (χ4n) is 1.42. The molecule has 0 amide bonds. The number of anilines is 1. The summed E-state index contributed by atoms with van der Waals surface area (Å²) in [5, 5.41) is 22.2. The third kappa shape index (κ3) is 3.03. The van der Waals surface area contributed by atoms with Gasteiger partial charge in [-0.2, -0.15) is 15.3 Å². The Hall–Kier alpha value is -3.07. The number of nitriles is 1. The first-order valence-electron chi connectivity index (χ1n) is 5.75. The van der Waals surface area contributed by atoms with Gasteiger partial charge in [0.2, 0.25) is 11.6 Å². The average molecular weight is 268 g/mol. The second-order valence-corrected chi connectivity index (χ2v) is 4.05. The van der Waals surface area contributed by atoms with Crippen molar-refractivity contribution in [3.63, 3.8) is 0 Å². The first kappa shape index (κ1) is 13.4. The Morgan fingerprint density at radius 3 is 3.05 bits per heavy atom. The van der Waals surface area contributed by atoms with Gasteiger partial charge in [-0.1, -0.05) is 18.7 Å². The van der Waals surface area contributed by atoms with Crippen molar-refractivity contribution in [1.82, 2.24) is 4.98 Å². The number of hydrogen-bond donors (Lipinski definition) is 2. The number of phenols is 1. The molecule has 6 nitrogen and oxygen atoms in total. The van der Waals surface area contributed by atoms with Crippen molar-refractivity contribution < 1.29 is 9.52 Å². The van der Waals surface area contributed by atoms with Crippen LogP contribution in [0, 0.1) is 11.3 Å². The van der Waals surface area contributed by atoms with E-state index >= 15 is 0 Å². The summed E-state index contributed by atoms with van der Waals surface area (Å²) in [6.07, 6.45) is 1.49. The standard InChI is InChI=1S/C14H12N4O2/c1-9(2)13-17-12(7-15)14(20-13)18-16-8-10-4-3-5-11(19)6-10/h3-6,8,18-19H,1H2,2H3/b16-8+. The van der Waals surface area contributed by atoms with Gasteiger partial charge in [-0.25, -0.2) is 5.43 Å². The van der Waals surface area contributed by atoms with Crippen molar-refractivity contribution in [3.05, 3.63) is 48.0 Å². The predicted molar refractivity (Wildman–Crippen MR) is 75.2 cm³/mol. The maximum Gasteiger partial charge on any atom is 0.252 e. The Labute approximate surface area is 115 Å². The van der Waals surface area contributed by atoms with Crippen molar-refractivity contribution in [2.45, 2.75) is 6.92 Å². The highest BCUT2D eigenvalue weighted by atomic mass is 16.4. The van der Waals surface area contributed by atoms with Gasteiger partial charge in [-0.15, -0.1) is 0 Å². The van der Waals surface area contributed by atoms with Crippen molar-refractivity contribution in [3.8, 4) is 11.8 Å². The van der Waals surface area contributed by atoms with E-state index in [1.54, 1.807) is 31.2 Å². The Morgan fingerprint density at radius 2 is 2.40 bits per heavy atom. The van der Waals surface area contributed by atoms with Gasteiger partial charge in [0.25, 0.3) is 5.88 Å². The summed E-state index contributed by atoms with van der Waals surface area (Å²) in [5.41, 5.74) is 4.03. The molecule has 0 spiro atoms. The number of phenolic OH excluding ortho intramolecular Hbond substituents is 1. The van der Waals surface area contributed by atoms with Gasteiger partial charge in [0, 0.05) is 5.57 Å². The SMILES string of the molecule is C=C(C)c1nc(C#N)c(N/N=C/c2cccc(O)c2)o1. The van der Waals surface area contributed by atoms with Crippen LogP contribution in [-0.4, -0.2) is 16.3 Å². The molecule has 0 bridgehead atoms. The van der Waals surface area contributed by atoms with Gasteiger partial charge in [0.05, 0.1) is 6.21 Å². The van der Waals surface area contributed by atoms with Crippen LogP contribution in [0.4, 0.5) is 5.88 Å². The molecule has 0 unspecified atom stereocenters. The molecule has 0 aliphatic carbocycles. The number of benzene rings is 1. The van der Waals surface area contributed by atoms with E-state index in [9.17, 15) is 5.11 Å². The quantitative estimate of drug-likeness (QED) is 0.656. The third-order valence-electron chi connectivity index (χ3n) is 2.35. The largest absolute Gasteiger partial charge is 0.508 e. The lowest BCUT2D eigenvalue weighted by molar-refractivity contribution is 0.475. The first-order chi connectivity index (χ1) is 9.60. The highest BCUT2D eigenvalue weighted by Crippen LogP contribution is 2.20. The summed E-state index contributed by atoms with van der Waals surface area (Å²) in [5.74, 6) is 0.592. The average Bonchev–Trinajstić information content (AvgIpc) is 2.82. The molecular formula is C14H12N4O2. The van der Waals surface area contributed by atoms with Gasteiger partial charge in [-0.3, -0.25) is 0 Å². The number of nitrogens with zero attached hydrogens (tertiary/aromatic N) is 3. The molecule has 1 heterocycles. The van der Waals surface area contributed by atoms with E-state index in [4.69, 9.17) is 9.68 Å². The van der Waals surface area contributed by atoms with Gasteiger partial charge < -0.3 is 9.52 Å². The van der Waals surface area contributed by atoms with Crippen molar-refractivity contribution in [2.24, 2.45) is 5.10 Å². The van der Waals surface area contributed by atoms with Crippen LogP contribution < -0.4 is 5.43 Å². The maximum absolute atomic E-state index is 9.31. The van der Waals surface area contributed by atoms with E-state index in [-0.39, 0.29) is 23.2 Å². The normalized spacial score (nSPS) is 10.4. The Kier molecular flexibility index (Phi) is 3.82. The van der Waals surface area contributed by atoms with E-state index in [1.165, 1.54) is 6.21 Å². The zero-order valence-electron chi connectivity index (χ0n) is 10.8. The molecule has 2 rings (SSSR count). The fraction of sp³-hybridized carbons (Fsp3) is 0.0714. The number of aromatic nitrogens is 1. The fourth-order valence-corrected chi connectivity index (χ4v) is 1.42. The van der Waals surface area contributed by atoms with Crippen LogP contribution in [0.3, 0.4) is 0 Å². The number of aromatic hydroxyl groups is 1. The van der Waals surface area contributed by atoms with E-state index in [0.29, 0.717) is 11.1 Å². The number of allylic oxidation sites excluding steroid dienone is 1. The Morgan fingerprint density at radius 1 is 1.60 bits per heavy atom. The molecule has 0 aliphatic rings. The van der Waals surface area contributed by atoms with E-state index in [2.05, 4.69) is 22.1 Å². The van der Waals surface area contributed by atoms with Crippen LogP contribution in [0.5, 0.6) is 5.75 Å². The number of nitrogens with one attached hydrogen (secondary N) is 1. The number of rotatable bonds is 4. The van der Waals surface area contributed by atoms with Crippen LogP contribution in [0.2, 0.25) is 0 Å². The maximum atomic E-state index is 9.31. The number of hydrazone groups is 1. The molecule has 0 saturated carbocycles. The van der Waals surface area contributed by atoms with Crippen molar-refractivity contribution in [2.75, 3.05) is 5.43 Å². The minimum atomic E-state index is 0.107. The minimum Gasteiger partial charge on any atom is -0.508 e. The van der Waals surface area contributed by atoms with E-state index in [0.717, 1.165) is 0 Å². The van der Waals surface area contributed by atoms with Crippen molar-refractivity contribution in [1.29, 1.82) is 5.26 Å². The molecule has 0 saturated heterocycles. The summed E-state index contributed by atoms with van der Waals surface area (Å²) >= 11 is 0. The lowest BCUT2D eigenvalue weighted by atomic mass is 10.2. The summed E-state index contributed by atoms with van der Waals surface area (Å²) in [6.45, 7) is 5.42. The molecule has 0 fully saturated rings. The molecule has 20 heavy (non-hydrogen) atoms. The first-order valence-corrected chi connectivity index (χ1v) is 5.75. The molecule has 0 radical (unpaired) electrons. The predicted octanol–water partition coefficient (Wildman–Crippen LogP) is 2.73. The zero-order chi connectivity index (χ0) is 14.5. The third-order valence-corrected chi connectivity index (χ3v) is 2.35. The van der Waals surface area contributed by atoms with Crippen LogP contribution in [0.25, 0.3) is 5.57 Å². The van der Waals surface area contributed by atoms with Gasteiger partial charge in [-0.05, 0) is 24.6 Å². The molecule has 6 heteroatoms. The highest BCUT2D eigenvalue weighted by Gasteiger charge is 2.12. The molecule has 0 atom stereocenters. The summed E-state index contributed by atoms with van der Waals surface area (Å²) in [6, 6.07) is 8.49. The lowest BCUT2D eigenvalue weighted by Gasteiger charge is -1.96. The number of oxazole rings is 1. The Balaban J connectivity index is 2.15. The molecule has 0 aliphatic heterocycles. The number of hydrogen-bond acceptors (Lipinski definition) is 6. The minimum absolute atomic E-state index is 0.107. The van der Waals surface area contributed by atoms with Gasteiger partial charge >= 0.3 is 0 Å². The summed E-state index contributed by atoms with van der Waals surface area (Å²) < 4.78 is 5.32. The van der Waals surface area contributed by atoms with Gasteiger partial charge in [0.1, 0.15) is 11.8 Å².